The summed E-state index contributed by atoms with van der Waals surface area (Å²) in [6.45, 7) is 4.69. The van der Waals surface area contributed by atoms with Crippen LogP contribution in [0.25, 0.3) is 0 Å². The third kappa shape index (κ3) is 3.85. The van der Waals surface area contributed by atoms with Crippen LogP contribution in [-0.2, 0) is 6.42 Å². The first kappa shape index (κ1) is 16.0. The molecule has 4 heteroatoms. The lowest BCUT2D eigenvalue weighted by atomic mass is 10.1. The number of aryl methyl sites for hydroxylation is 1. The summed E-state index contributed by atoms with van der Waals surface area (Å²) in [4.78, 5) is 29.1. The van der Waals surface area contributed by atoms with Gasteiger partial charge >= 0.3 is 0 Å². The number of H-pyrrole nitrogens is 1. The molecule has 1 amide bonds. The number of unbranched alkanes of at least 4 members (excludes halogenated alkanes) is 1. The van der Waals surface area contributed by atoms with Gasteiger partial charge in [0.1, 0.15) is 0 Å². The predicted octanol–water partition coefficient (Wildman–Crippen LogP) is 3.38. The zero-order chi connectivity index (χ0) is 15.9. The molecule has 2 rings (SSSR count). The molecule has 0 unspecified atom stereocenters. The molecular formula is C18H22N2O2. The molecule has 0 aliphatic carbocycles. The summed E-state index contributed by atoms with van der Waals surface area (Å²) < 4.78 is 0. The molecule has 116 valence electrons. The van der Waals surface area contributed by atoms with Gasteiger partial charge in [-0.3, -0.25) is 9.59 Å². The Morgan fingerprint density at radius 3 is 2.50 bits per heavy atom. The van der Waals surface area contributed by atoms with E-state index in [9.17, 15) is 9.59 Å². The van der Waals surface area contributed by atoms with E-state index in [0.29, 0.717) is 18.5 Å². The van der Waals surface area contributed by atoms with E-state index in [4.69, 9.17) is 0 Å². The largest absolute Gasteiger partial charge is 0.326 e. The molecule has 0 bridgehead atoms. The number of pyridine rings is 1. The average molecular weight is 298 g/mol. The van der Waals surface area contributed by atoms with Crippen molar-refractivity contribution in [2.75, 3.05) is 11.4 Å². The molecule has 1 aromatic heterocycles. The number of carbonyl (C=O) groups is 1. The molecule has 0 saturated heterocycles. The Hall–Kier alpha value is -2.36. The molecule has 0 atom stereocenters. The van der Waals surface area contributed by atoms with Crippen LogP contribution in [0.3, 0.4) is 0 Å². The highest BCUT2D eigenvalue weighted by molar-refractivity contribution is 6.06. The van der Waals surface area contributed by atoms with Gasteiger partial charge in [0.25, 0.3) is 5.91 Å². The number of anilines is 1. The number of para-hydroxylation sites is 1. The van der Waals surface area contributed by atoms with Crippen LogP contribution in [0.4, 0.5) is 5.69 Å². The first-order valence-electron chi connectivity index (χ1n) is 7.75. The van der Waals surface area contributed by atoms with Gasteiger partial charge in [0.2, 0.25) is 5.56 Å². The van der Waals surface area contributed by atoms with Crippen LogP contribution < -0.4 is 10.5 Å². The Balaban J connectivity index is 2.37. The van der Waals surface area contributed by atoms with Crippen molar-refractivity contribution in [3.05, 3.63) is 64.1 Å². The van der Waals surface area contributed by atoms with Gasteiger partial charge in [-0.1, -0.05) is 38.5 Å². The smallest absolute Gasteiger partial charge is 0.258 e. The molecule has 4 nitrogen and oxygen atoms in total. The lowest BCUT2D eigenvalue weighted by molar-refractivity contribution is 0.0986. The van der Waals surface area contributed by atoms with E-state index in [0.717, 1.165) is 24.2 Å². The highest BCUT2D eigenvalue weighted by Crippen LogP contribution is 2.17. The minimum absolute atomic E-state index is 0.125. The first-order chi connectivity index (χ1) is 10.7. The Bertz CT molecular complexity index is 677. The van der Waals surface area contributed by atoms with Crippen molar-refractivity contribution >= 4 is 11.6 Å². The normalized spacial score (nSPS) is 10.5. The summed E-state index contributed by atoms with van der Waals surface area (Å²) in [5.74, 6) is -0.125. The minimum atomic E-state index is -0.230. The van der Waals surface area contributed by atoms with E-state index in [2.05, 4.69) is 11.9 Å². The fourth-order valence-electron chi connectivity index (χ4n) is 2.34. The molecule has 0 spiro atoms. The van der Waals surface area contributed by atoms with Gasteiger partial charge in [-0.2, -0.15) is 0 Å². The van der Waals surface area contributed by atoms with Gasteiger partial charge in [0.05, 0.1) is 0 Å². The van der Waals surface area contributed by atoms with Crippen LogP contribution in [0, 0.1) is 0 Å². The Kier molecular flexibility index (Phi) is 5.53. The molecule has 2 aromatic rings. The fraction of sp³-hybridized carbons (Fsp3) is 0.333. The van der Waals surface area contributed by atoms with E-state index in [1.807, 2.05) is 37.3 Å². The molecule has 1 aromatic carbocycles. The second-order valence-electron chi connectivity index (χ2n) is 5.26. The van der Waals surface area contributed by atoms with Gasteiger partial charge in [0.15, 0.2) is 0 Å². The van der Waals surface area contributed by atoms with Crippen LogP contribution in [0.15, 0.2) is 47.3 Å². The molecule has 0 fully saturated rings. The number of hydrogen-bond acceptors (Lipinski definition) is 2. The second-order valence-corrected chi connectivity index (χ2v) is 5.26. The SMILES string of the molecule is CCCCN(C(=O)c1cc(CC)[nH]c(=O)c1)c1ccccc1. The van der Waals surface area contributed by atoms with Crippen molar-refractivity contribution in [3.8, 4) is 0 Å². The quantitative estimate of drug-likeness (QED) is 0.888. The van der Waals surface area contributed by atoms with Gasteiger partial charge in [-0.15, -0.1) is 0 Å². The van der Waals surface area contributed by atoms with Crippen molar-refractivity contribution < 1.29 is 4.79 Å². The van der Waals surface area contributed by atoms with Crippen molar-refractivity contribution in [2.24, 2.45) is 0 Å². The molecule has 0 aliphatic rings. The predicted molar refractivity (Wildman–Crippen MR) is 89.5 cm³/mol. The average Bonchev–Trinajstić information content (AvgIpc) is 2.55. The molecule has 0 aliphatic heterocycles. The first-order valence-corrected chi connectivity index (χ1v) is 7.75. The number of aromatic amines is 1. The summed E-state index contributed by atoms with van der Waals surface area (Å²) >= 11 is 0. The Labute approximate surface area is 130 Å². The van der Waals surface area contributed by atoms with Gasteiger partial charge < -0.3 is 9.88 Å². The fourth-order valence-corrected chi connectivity index (χ4v) is 2.34. The summed E-state index contributed by atoms with van der Waals surface area (Å²) in [6.07, 6.45) is 2.62. The van der Waals surface area contributed by atoms with Crippen molar-refractivity contribution in [2.45, 2.75) is 33.1 Å². The number of rotatable bonds is 6. The van der Waals surface area contributed by atoms with Crippen LogP contribution in [0.1, 0.15) is 42.7 Å². The molecule has 1 heterocycles. The maximum atomic E-state index is 12.8. The van der Waals surface area contributed by atoms with Gasteiger partial charge in [-0.25, -0.2) is 0 Å². The lowest BCUT2D eigenvalue weighted by Gasteiger charge is -2.23. The standard InChI is InChI=1S/C18H22N2O2/c1-3-5-11-20(16-9-7-6-8-10-16)18(22)14-12-15(4-2)19-17(21)13-14/h6-10,12-13H,3-5,11H2,1-2H3,(H,19,21). The highest BCUT2D eigenvalue weighted by Gasteiger charge is 2.18. The van der Waals surface area contributed by atoms with Crippen LogP contribution >= 0.6 is 0 Å². The molecule has 0 saturated carbocycles. The maximum absolute atomic E-state index is 12.8. The Morgan fingerprint density at radius 1 is 1.14 bits per heavy atom. The number of nitrogens with zero attached hydrogens (tertiary/aromatic N) is 1. The number of carbonyl (C=O) groups excluding carboxylic acids is 1. The number of amides is 1. The number of benzene rings is 1. The van der Waals surface area contributed by atoms with E-state index < -0.39 is 0 Å². The molecular weight excluding hydrogens is 276 g/mol. The number of hydrogen-bond donors (Lipinski definition) is 1. The topological polar surface area (TPSA) is 53.2 Å². The summed E-state index contributed by atoms with van der Waals surface area (Å²) in [5, 5.41) is 0. The molecule has 22 heavy (non-hydrogen) atoms. The summed E-state index contributed by atoms with van der Waals surface area (Å²) in [7, 11) is 0. The molecule has 1 N–H and O–H groups in total. The van der Waals surface area contributed by atoms with E-state index >= 15 is 0 Å². The molecule has 0 radical (unpaired) electrons. The highest BCUT2D eigenvalue weighted by atomic mass is 16.2. The summed E-state index contributed by atoms with van der Waals surface area (Å²) in [6, 6.07) is 12.7. The van der Waals surface area contributed by atoms with Crippen LogP contribution in [-0.4, -0.2) is 17.4 Å². The second kappa shape index (κ2) is 7.59. The van der Waals surface area contributed by atoms with Crippen molar-refractivity contribution in [3.63, 3.8) is 0 Å². The third-order valence-corrected chi connectivity index (χ3v) is 3.58. The lowest BCUT2D eigenvalue weighted by Crippen LogP contribution is -2.32. The summed E-state index contributed by atoms with van der Waals surface area (Å²) in [5.41, 5.74) is 1.85. The zero-order valence-electron chi connectivity index (χ0n) is 13.1. The number of aromatic nitrogens is 1. The van der Waals surface area contributed by atoms with Gasteiger partial charge in [-0.05, 0) is 31.0 Å². The van der Waals surface area contributed by atoms with Crippen LogP contribution in [0.5, 0.6) is 0 Å². The monoisotopic (exact) mass is 298 g/mol. The van der Waals surface area contributed by atoms with Crippen molar-refractivity contribution in [1.82, 2.24) is 4.98 Å². The van der Waals surface area contributed by atoms with Gasteiger partial charge in [0, 0.05) is 29.6 Å². The van der Waals surface area contributed by atoms with Crippen molar-refractivity contribution in [1.29, 1.82) is 0 Å². The van der Waals surface area contributed by atoms with Crippen LogP contribution in [0.2, 0.25) is 0 Å². The number of nitrogens with one attached hydrogen (secondary N) is 1. The Morgan fingerprint density at radius 2 is 1.86 bits per heavy atom. The maximum Gasteiger partial charge on any atom is 0.258 e. The van der Waals surface area contributed by atoms with E-state index in [1.54, 1.807) is 11.0 Å². The third-order valence-electron chi connectivity index (χ3n) is 3.58. The van der Waals surface area contributed by atoms with E-state index in [1.165, 1.54) is 6.07 Å². The zero-order valence-corrected chi connectivity index (χ0v) is 13.1. The minimum Gasteiger partial charge on any atom is -0.326 e. The van der Waals surface area contributed by atoms with E-state index in [-0.39, 0.29) is 11.5 Å².